The quantitative estimate of drug-likeness (QED) is 0.698. The summed E-state index contributed by atoms with van der Waals surface area (Å²) in [5, 5.41) is 3.17. The Morgan fingerprint density at radius 2 is 1.86 bits per heavy atom. The van der Waals surface area contributed by atoms with E-state index in [1.54, 1.807) is 7.11 Å². The molecular formula is C22H36N4O2. The van der Waals surface area contributed by atoms with Gasteiger partial charge in [-0.05, 0) is 61.4 Å². The van der Waals surface area contributed by atoms with Crippen LogP contribution in [0.2, 0.25) is 0 Å². The number of hydrazine groups is 1. The van der Waals surface area contributed by atoms with Crippen molar-refractivity contribution in [1.29, 1.82) is 0 Å². The third-order valence-corrected chi connectivity index (χ3v) is 6.10. The largest absolute Gasteiger partial charge is 0.497 e. The monoisotopic (exact) mass is 388 g/mol. The second-order valence-corrected chi connectivity index (χ2v) is 9.31. The highest BCUT2D eigenvalue weighted by Crippen LogP contribution is 2.25. The Bertz CT molecular complexity index is 633. The van der Waals surface area contributed by atoms with Gasteiger partial charge in [0, 0.05) is 19.1 Å². The summed E-state index contributed by atoms with van der Waals surface area (Å²) >= 11 is 0. The predicted octanol–water partition coefficient (Wildman–Crippen LogP) is 2.30. The number of benzene rings is 1. The Morgan fingerprint density at radius 1 is 1.18 bits per heavy atom. The Balaban J connectivity index is 1.36. The average Bonchev–Trinajstić information content (AvgIpc) is 3.19. The van der Waals surface area contributed by atoms with Crippen molar-refractivity contribution in [2.45, 2.75) is 58.7 Å². The molecule has 2 unspecified atom stereocenters. The lowest BCUT2D eigenvalue weighted by atomic mass is 9.84. The predicted molar refractivity (Wildman–Crippen MR) is 112 cm³/mol. The highest BCUT2D eigenvalue weighted by molar-refractivity contribution is 5.82. The molecule has 0 saturated carbocycles. The molecule has 156 valence electrons. The third kappa shape index (κ3) is 5.69. The number of carbonyl (C=O) groups excluding carboxylic acids is 1. The number of amides is 1. The second-order valence-electron chi connectivity index (χ2n) is 9.31. The lowest BCUT2D eigenvalue weighted by Gasteiger charge is -2.32. The molecule has 1 aromatic rings. The van der Waals surface area contributed by atoms with Crippen molar-refractivity contribution in [3.63, 3.8) is 0 Å². The lowest BCUT2D eigenvalue weighted by molar-refractivity contribution is -0.123. The van der Waals surface area contributed by atoms with Gasteiger partial charge in [0.15, 0.2) is 0 Å². The molecule has 2 aliphatic rings. The van der Waals surface area contributed by atoms with Gasteiger partial charge >= 0.3 is 0 Å². The summed E-state index contributed by atoms with van der Waals surface area (Å²) in [5.74, 6) is 1.60. The molecule has 6 nitrogen and oxygen atoms in total. The Kier molecular flexibility index (Phi) is 6.96. The van der Waals surface area contributed by atoms with Crippen molar-refractivity contribution in [3.8, 4) is 5.75 Å². The molecular weight excluding hydrogens is 352 g/mol. The number of piperidine rings is 1. The van der Waals surface area contributed by atoms with Crippen LogP contribution in [0.3, 0.4) is 0 Å². The molecule has 0 aromatic heterocycles. The minimum Gasteiger partial charge on any atom is -0.497 e. The molecule has 2 atom stereocenters. The number of rotatable bonds is 6. The van der Waals surface area contributed by atoms with E-state index in [9.17, 15) is 4.79 Å². The first-order valence-corrected chi connectivity index (χ1v) is 10.5. The van der Waals surface area contributed by atoms with E-state index in [-0.39, 0.29) is 17.4 Å². The Labute approximate surface area is 169 Å². The minimum atomic E-state index is -0.126. The smallest absolute Gasteiger partial charge is 0.238 e. The Hall–Kier alpha value is -1.63. The van der Waals surface area contributed by atoms with Gasteiger partial charge in [0.05, 0.1) is 7.11 Å². The summed E-state index contributed by atoms with van der Waals surface area (Å²) in [7, 11) is 1.70. The number of hydrogen-bond acceptors (Lipinski definition) is 5. The van der Waals surface area contributed by atoms with Gasteiger partial charge < -0.3 is 10.1 Å². The molecule has 0 radical (unpaired) electrons. The van der Waals surface area contributed by atoms with E-state index >= 15 is 0 Å². The van der Waals surface area contributed by atoms with E-state index in [0.717, 1.165) is 51.2 Å². The van der Waals surface area contributed by atoms with E-state index in [1.165, 1.54) is 5.56 Å². The van der Waals surface area contributed by atoms with Crippen LogP contribution in [-0.4, -0.2) is 49.6 Å². The molecule has 2 fully saturated rings. The summed E-state index contributed by atoms with van der Waals surface area (Å²) in [6.07, 6.45) is 3.12. The van der Waals surface area contributed by atoms with Crippen LogP contribution in [0.4, 0.5) is 0 Å². The molecule has 6 heteroatoms. The number of nitrogens with zero attached hydrogens (tertiary/aromatic N) is 1. The van der Waals surface area contributed by atoms with Crippen LogP contribution in [-0.2, 0) is 11.3 Å². The van der Waals surface area contributed by atoms with Gasteiger partial charge in [0.25, 0.3) is 0 Å². The molecule has 0 aliphatic carbocycles. The van der Waals surface area contributed by atoms with Crippen molar-refractivity contribution >= 4 is 5.91 Å². The first-order chi connectivity index (χ1) is 13.3. The van der Waals surface area contributed by atoms with Crippen LogP contribution < -0.4 is 20.9 Å². The van der Waals surface area contributed by atoms with E-state index in [0.29, 0.717) is 12.0 Å². The number of likely N-dealkylation sites (tertiary alicyclic amines) is 1. The van der Waals surface area contributed by atoms with Crippen LogP contribution in [0.5, 0.6) is 5.75 Å². The number of methoxy groups -OCH3 is 1. The number of ether oxygens (including phenoxy) is 1. The molecule has 2 saturated heterocycles. The summed E-state index contributed by atoms with van der Waals surface area (Å²) < 4.78 is 5.22. The zero-order chi connectivity index (χ0) is 20.1. The van der Waals surface area contributed by atoms with Crippen molar-refractivity contribution < 1.29 is 9.53 Å². The summed E-state index contributed by atoms with van der Waals surface area (Å²) in [5.41, 5.74) is 7.91. The summed E-state index contributed by atoms with van der Waals surface area (Å²) in [4.78, 5) is 15.0. The van der Waals surface area contributed by atoms with E-state index in [2.05, 4.69) is 54.0 Å². The van der Waals surface area contributed by atoms with Gasteiger partial charge in [-0.2, -0.15) is 0 Å². The minimum absolute atomic E-state index is 0.125. The topological polar surface area (TPSA) is 65.6 Å². The first-order valence-electron chi connectivity index (χ1n) is 10.5. The van der Waals surface area contributed by atoms with Crippen LogP contribution in [0.15, 0.2) is 24.3 Å². The SMILES string of the molecule is COc1ccc(CN2CCC(CNC(=O)C3CC(C(C)(C)C)NN3)CC2)cc1. The van der Waals surface area contributed by atoms with Gasteiger partial charge in [0.1, 0.15) is 11.8 Å². The van der Waals surface area contributed by atoms with Crippen molar-refractivity contribution in [2.24, 2.45) is 11.3 Å². The molecule has 28 heavy (non-hydrogen) atoms. The van der Waals surface area contributed by atoms with E-state index in [4.69, 9.17) is 4.74 Å². The van der Waals surface area contributed by atoms with Crippen LogP contribution in [0, 0.1) is 11.3 Å². The fourth-order valence-corrected chi connectivity index (χ4v) is 4.00. The van der Waals surface area contributed by atoms with Crippen LogP contribution in [0.1, 0.15) is 45.6 Å². The summed E-state index contributed by atoms with van der Waals surface area (Å²) in [6, 6.07) is 8.52. The summed E-state index contributed by atoms with van der Waals surface area (Å²) in [6.45, 7) is 10.5. The molecule has 2 aliphatic heterocycles. The maximum atomic E-state index is 12.5. The first kappa shape index (κ1) is 21.1. The third-order valence-electron chi connectivity index (χ3n) is 6.10. The lowest BCUT2D eigenvalue weighted by Crippen LogP contribution is -2.46. The highest BCUT2D eigenvalue weighted by atomic mass is 16.5. The maximum absolute atomic E-state index is 12.5. The van der Waals surface area contributed by atoms with E-state index in [1.807, 2.05) is 12.1 Å². The van der Waals surface area contributed by atoms with Gasteiger partial charge in [-0.25, -0.2) is 5.43 Å². The molecule has 0 bridgehead atoms. The standard InChI is InChI=1S/C22H36N4O2/c1-22(2,3)20-13-19(24-25-20)21(27)23-14-16-9-11-26(12-10-16)15-17-5-7-18(28-4)8-6-17/h5-8,16,19-20,24-25H,9-15H2,1-4H3,(H,23,27). The Morgan fingerprint density at radius 3 is 2.43 bits per heavy atom. The van der Waals surface area contributed by atoms with Crippen molar-refractivity contribution in [3.05, 3.63) is 29.8 Å². The highest BCUT2D eigenvalue weighted by Gasteiger charge is 2.35. The van der Waals surface area contributed by atoms with Gasteiger partial charge in [-0.1, -0.05) is 32.9 Å². The van der Waals surface area contributed by atoms with Crippen molar-refractivity contribution in [1.82, 2.24) is 21.1 Å². The van der Waals surface area contributed by atoms with Crippen LogP contribution >= 0.6 is 0 Å². The van der Waals surface area contributed by atoms with Crippen molar-refractivity contribution in [2.75, 3.05) is 26.7 Å². The fraction of sp³-hybridized carbons (Fsp3) is 0.682. The average molecular weight is 389 g/mol. The van der Waals surface area contributed by atoms with Gasteiger partial charge in [-0.15, -0.1) is 0 Å². The number of hydrogen-bond donors (Lipinski definition) is 3. The molecule has 3 N–H and O–H groups in total. The molecule has 0 spiro atoms. The van der Waals surface area contributed by atoms with E-state index < -0.39 is 0 Å². The molecule has 2 heterocycles. The molecule has 1 amide bonds. The fourth-order valence-electron chi connectivity index (χ4n) is 4.00. The van der Waals surface area contributed by atoms with Crippen LogP contribution in [0.25, 0.3) is 0 Å². The van der Waals surface area contributed by atoms with Gasteiger partial charge in [0.2, 0.25) is 5.91 Å². The normalized spacial score (nSPS) is 24.3. The molecule has 1 aromatic carbocycles. The number of carbonyl (C=O) groups is 1. The maximum Gasteiger partial charge on any atom is 0.238 e. The van der Waals surface area contributed by atoms with Gasteiger partial charge in [-0.3, -0.25) is 15.1 Å². The second kappa shape index (κ2) is 9.25. The number of nitrogens with one attached hydrogen (secondary N) is 3. The molecule has 3 rings (SSSR count). The zero-order valence-electron chi connectivity index (χ0n) is 17.8. The zero-order valence-corrected chi connectivity index (χ0v) is 17.8.